The minimum atomic E-state index is -3.81. The third kappa shape index (κ3) is 4.80. The molecule has 136 valence electrons. The molecule has 0 amide bonds. The maximum absolute atomic E-state index is 12.9. The lowest BCUT2D eigenvalue weighted by molar-refractivity contribution is -0.145. The van der Waals surface area contributed by atoms with Gasteiger partial charge in [-0.25, -0.2) is 8.42 Å². The molecule has 0 heterocycles. The topological polar surface area (TPSA) is 72.5 Å². The highest BCUT2D eigenvalue weighted by Crippen LogP contribution is 2.26. The summed E-state index contributed by atoms with van der Waals surface area (Å²) in [6, 6.07) is 1.12. The quantitative estimate of drug-likeness (QED) is 0.726. The van der Waals surface area contributed by atoms with E-state index in [1.54, 1.807) is 20.8 Å². The number of sulfonamides is 1. The maximum atomic E-state index is 12.9. The van der Waals surface area contributed by atoms with Gasteiger partial charge in [0.15, 0.2) is 0 Å². The van der Waals surface area contributed by atoms with Crippen molar-refractivity contribution in [3.63, 3.8) is 0 Å². The molecule has 1 unspecified atom stereocenters. The Bertz CT molecular complexity index is 669. The fourth-order valence-corrected chi connectivity index (χ4v) is 4.54. The summed E-state index contributed by atoms with van der Waals surface area (Å²) in [6.45, 7) is 11.3. The van der Waals surface area contributed by atoms with Gasteiger partial charge >= 0.3 is 5.97 Å². The van der Waals surface area contributed by atoms with Gasteiger partial charge in [-0.1, -0.05) is 25.8 Å². The highest BCUT2D eigenvalue weighted by atomic mass is 32.2. The van der Waals surface area contributed by atoms with Crippen molar-refractivity contribution in [1.82, 2.24) is 4.72 Å². The predicted molar refractivity (Wildman–Crippen MR) is 95.7 cm³/mol. The molecule has 0 saturated carbocycles. The van der Waals surface area contributed by atoms with Crippen LogP contribution in [0.25, 0.3) is 0 Å². The smallest absolute Gasteiger partial charge is 0.324 e. The molecule has 24 heavy (non-hydrogen) atoms. The van der Waals surface area contributed by atoms with Gasteiger partial charge in [-0.15, -0.1) is 0 Å². The number of ether oxygens (including phenoxy) is 1. The van der Waals surface area contributed by atoms with Gasteiger partial charge in [-0.2, -0.15) is 4.72 Å². The van der Waals surface area contributed by atoms with E-state index in [1.165, 1.54) is 0 Å². The molecule has 0 bridgehead atoms. The number of esters is 1. The molecule has 0 radical (unpaired) electrons. The van der Waals surface area contributed by atoms with E-state index < -0.39 is 22.0 Å². The summed E-state index contributed by atoms with van der Waals surface area (Å²) in [5.74, 6) is -0.519. The molecule has 1 aromatic carbocycles. The van der Waals surface area contributed by atoms with E-state index in [0.29, 0.717) is 17.5 Å². The Kier molecular flexibility index (Phi) is 7.42. The molecule has 5 nitrogen and oxygen atoms in total. The van der Waals surface area contributed by atoms with Gasteiger partial charge in [0.1, 0.15) is 6.04 Å². The first kappa shape index (κ1) is 20.6. The Morgan fingerprint density at radius 3 is 2.12 bits per heavy atom. The largest absolute Gasteiger partial charge is 0.465 e. The summed E-state index contributed by atoms with van der Waals surface area (Å²) in [6.07, 6.45) is 2.05. The zero-order valence-electron chi connectivity index (χ0n) is 15.5. The standard InChI is InChI=1S/C18H29NO4S/c1-7-9-10-16(18(20)23-8-2)19-24(21,22)17-14(5)12(3)11-13(4)15(17)6/h11,16,19H,7-10H2,1-6H3. The van der Waals surface area contributed by atoms with E-state index >= 15 is 0 Å². The average molecular weight is 356 g/mol. The van der Waals surface area contributed by atoms with E-state index in [2.05, 4.69) is 4.72 Å². The molecular formula is C18H29NO4S. The van der Waals surface area contributed by atoms with Crippen LogP contribution in [0.5, 0.6) is 0 Å². The summed E-state index contributed by atoms with van der Waals surface area (Å²) in [5.41, 5.74) is 3.26. The first-order chi connectivity index (χ1) is 11.2. The van der Waals surface area contributed by atoms with Crippen LogP contribution in [0.15, 0.2) is 11.0 Å². The number of hydrogen-bond donors (Lipinski definition) is 1. The van der Waals surface area contributed by atoms with Gasteiger partial charge in [-0.3, -0.25) is 4.79 Å². The van der Waals surface area contributed by atoms with Crippen molar-refractivity contribution in [2.24, 2.45) is 0 Å². The molecule has 0 aliphatic carbocycles. The molecule has 0 spiro atoms. The van der Waals surface area contributed by atoms with Crippen LogP contribution < -0.4 is 4.72 Å². The molecule has 0 aliphatic rings. The average Bonchev–Trinajstić information content (AvgIpc) is 2.49. The van der Waals surface area contributed by atoms with E-state index in [0.717, 1.165) is 24.0 Å². The first-order valence-corrected chi connectivity index (χ1v) is 9.90. The maximum Gasteiger partial charge on any atom is 0.324 e. The Morgan fingerprint density at radius 1 is 1.12 bits per heavy atom. The van der Waals surface area contributed by atoms with Crippen molar-refractivity contribution >= 4 is 16.0 Å². The lowest BCUT2D eigenvalue weighted by Crippen LogP contribution is -2.42. The molecule has 1 aromatic rings. The van der Waals surface area contributed by atoms with Crippen LogP contribution in [-0.4, -0.2) is 27.0 Å². The van der Waals surface area contributed by atoms with Crippen LogP contribution in [-0.2, 0) is 19.6 Å². The Labute approximate surface area is 145 Å². The number of nitrogens with one attached hydrogen (secondary N) is 1. The van der Waals surface area contributed by atoms with Crippen LogP contribution >= 0.6 is 0 Å². The fraction of sp³-hybridized carbons (Fsp3) is 0.611. The lowest BCUT2D eigenvalue weighted by atomic mass is 10.0. The van der Waals surface area contributed by atoms with Crippen LogP contribution in [0.3, 0.4) is 0 Å². The molecule has 6 heteroatoms. The van der Waals surface area contributed by atoms with Gasteiger partial charge < -0.3 is 4.74 Å². The zero-order chi connectivity index (χ0) is 18.5. The Morgan fingerprint density at radius 2 is 1.67 bits per heavy atom. The minimum absolute atomic E-state index is 0.227. The normalized spacial score (nSPS) is 12.9. The van der Waals surface area contributed by atoms with E-state index in [1.807, 2.05) is 26.8 Å². The highest BCUT2D eigenvalue weighted by molar-refractivity contribution is 7.89. The van der Waals surface area contributed by atoms with Gasteiger partial charge in [-0.05, 0) is 63.3 Å². The number of unbranched alkanes of at least 4 members (excludes halogenated alkanes) is 1. The number of carbonyl (C=O) groups is 1. The summed E-state index contributed by atoms with van der Waals surface area (Å²) >= 11 is 0. The zero-order valence-corrected chi connectivity index (χ0v) is 16.3. The number of benzene rings is 1. The number of carbonyl (C=O) groups excluding carboxylic acids is 1. The molecule has 1 atom stereocenters. The molecule has 0 fully saturated rings. The summed E-state index contributed by atoms with van der Waals surface area (Å²) in [5, 5.41) is 0. The molecule has 1 N–H and O–H groups in total. The van der Waals surface area contributed by atoms with Gasteiger partial charge in [0.2, 0.25) is 10.0 Å². The lowest BCUT2D eigenvalue weighted by Gasteiger charge is -2.20. The minimum Gasteiger partial charge on any atom is -0.465 e. The van der Waals surface area contributed by atoms with Crippen LogP contribution in [0.4, 0.5) is 0 Å². The first-order valence-electron chi connectivity index (χ1n) is 8.42. The summed E-state index contributed by atoms with van der Waals surface area (Å²) < 4.78 is 33.5. The van der Waals surface area contributed by atoms with Gasteiger partial charge in [0.05, 0.1) is 11.5 Å². The van der Waals surface area contributed by atoms with Crippen molar-refractivity contribution in [3.8, 4) is 0 Å². The highest BCUT2D eigenvalue weighted by Gasteiger charge is 2.29. The monoisotopic (exact) mass is 355 g/mol. The molecule has 0 aliphatic heterocycles. The number of aryl methyl sites for hydroxylation is 2. The number of hydrogen-bond acceptors (Lipinski definition) is 4. The Hall–Kier alpha value is -1.40. The fourth-order valence-electron chi connectivity index (χ4n) is 2.71. The van der Waals surface area contributed by atoms with Gasteiger partial charge in [0.25, 0.3) is 0 Å². The second-order valence-electron chi connectivity index (χ2n) is 6.16. The number of rotatable bonds is 8. The second-order valence-corrected chi connectivity index (χ2v) is 7.81. The van der Waals surface area contributed by atoms with Gasteiger partial charge in [0, 0.05) is 0 Å². The predicted octanol–water partition coefficient (Wildman–Crippen LogP) is 3.32. The van der Waals surface area contributed by atoms with E-state index in [9.17, 15) is 13.2 Å². The van der Waals surface area contributed by atoms with Crippen molar-refractivity contribution in [2.75, 3.05) is 6.61 Å². The van der Waals surface area contributed by atoms with E-state index in [4.69, 9.17) is 4.74 Å². The summed E-state index contributed by atoms with van der Waals surface area (Å²) in [7, 11) is -3.81. The van der Waals surface area contributed by atoms with Crippen molar-refractivity contribution in [1.29, 1.82) is 0 Å². The molecule has 0 aromatic heterocycles. The second kappa shape index (κ2) is 8.62. The summed E-state index contributed by atoms with van der Waals surface area (Å²) in [4.78, 5) is 12.4. The van der Waals surface area contributed by atoms with Crippen molar-refractivity contribution in [3.05, 3.63) is 28.3 Å². The van der Waals surface area contributed by atoms with Crippen LogP contribution in [0, 0.1) is 27.7 Å². The Balaban J connectivity index is 3.25. The molecule has 1 rings (SSSR count). The SMILES string of the molecule is CCCCC(NS(=O)(=O)c1c(C)c(C)cc(C)c1C)C(=O)OCC. The molecule has 0 saturated heterocycles. The van der Waals surface area contributed by atoms with Crippen LogP contribution in [0.1, 0.15) is 55.4 Å². The third-order valence-corrected chi connectivity index (χ3v) is 6.03. The van der Waals surface area contributed by atoms with E-state index in [-0.39, 0.29) is 11.5 Å². The third-order valence-electron chi connectivity index (χ3n) is 4.28. The van der Waals surface area contributed by atoms with Crippen molar-refractivity contribution < 1.29 is 17.9 Å². The van der Waals surface area contributed by atoms with Crippen LogP contribution in [0.2, 0.25) is 0 Å². The van der Waals surface area contributed by atoms with Crippen molar-refractivity contribution in [2.45, 2.75) is 71.7 Å². The molecular weight excluding hydrogens is 326 g/mol.